The standard InChI is InChI=1S/C20H21Cl2N3O4S/c21-16-8-7-13(10-17(16)22)12-30(28,29)25-9-3-4-14(11-25)20(27)24-18-6-2-1-5-15(18)19(23)26/h1-2,5-8,10,14H,3-4,9,11-12H2,(H2,23,26)(H,24,27)/t14-/m1/s1. The molecule has 7 nitrogen and oxygen atoms in total. The average molecular weight is 470 g/mol. The zero-order valence-electron chi connectivity index (χ0n) is 16.0. The number of carbonyl (C=O) groups excluding carboxylic acids is 2. The van der Waals surface area contributed by atoms with Gasteiger partial charge in [-0.2, -0.15) is 0 Å². The van der Waals surface area contributed by atoms with E-state index in [2.05, 4.69) is 5.32 Å². The van der Waals surface area contributed by atoms with Gasteiger partial charge in [-0.15, -0.1) is 0 Å². The predicted octanol–water partition coefficient (Wildman–Crippen LogP) is 3.27. The van der Waals surface area contributed by atoms with Gasteiger partial charge in [-0.1, -0.05) is 41.4 Å². The lowest BCUT2D eigenvalue weighted by Gasteiger charge is -2.31. The molecule has 0 unspecified atom stereocenters. The number of halogens is 2. The summed E-state index contributed by atoms with van der Waals surface area (Å²) in [5, 5.41) is 3.34. The van der Waals surface area contributed by atoms with E-state index in [0.29, 0.717) is 35.7 Å². The van der Waals surface area contributed by atoms with Gasteiger partial charge in [0.15, 0.2) is 0 Å². The predicted molar refractivity (Wildman–Crippen MR) is 117 cm³/mol. The Kier molecular flexibility index (Phi) is 7.02. The van der Waals surface area contributed by atoms with E-state index in [1.54, 1.807) is 30.3 Å². The van der Waals surface area contributed by atoms with E-state index < -0.39 is 21.8 Å². The molecule has 0 aromatic heterocycles. The van der Waals surface area contributed by atoms with Gasteiger partial charge in [0.25, 0.3) is 5.91 Å². The van der Waals surface area contributed by atoms with Crippen molar-refractivity contribution < 1.29 is 18.0 Å². The first kappa shape index (κ1) is 22.6. The number of piperidine rings is 1. The Balaban J connectivity index is 1.70. The maximum atomic E-state index is 12.9. The van der Waals surface area contributed by atoms with Crippen LogP contribution in [0.1, 0.15) is 28.8 Å². The molecule has 2 aromatic carbocycles. The van der Waals surface area contributed by atoms with Crippen molar-refractivity contribution in [3.63, 3.8) is 0 Å². The SMILES string of the molecule is NC(=O)c1ccccc1NC(=O)[C@@H]1CCCN(S(=O)(=O)Cc2ccc(Cl)c(Cl)c2)C1. The molecule has 1 heterocycles. The molecular weight excluding hydrogens is 449 g/mol. The van der Waals surface area contributed by atoms with Crippen molar-refractivity contribution >= 4 is 50.7 Å². The zero-order chi connectivity index (χ0) is 21.9. The van der Waals surface area contributed by atoms with Gasteiger partial charge >= 0.3 is 0 Å². The molecule has 0 aliphatic carbocycles. The number of carbonyl (C=O) groups is 2. The lowest BCUT2D eigenvalue weighted by atomic mass is 9.98. The monoisotopic (exact) mass is 469 g/mol. The first-order chi connectivity index (χ1) is 14.2. The fourth-order valence-electron chi connectivity index (χ4n) is 3.38. The van der Waals surface area contributed by atoms with E-state index in [0.717, 1.165) is 0 Å². The summed E-state index contributed by atoms with van der Waals surface area (Å²) in [4.78, 5) is 24.3. The van der Waals surface area contributed by atoms with E-state index in [9.17, 15) is 18.0 Å². The summed E-state index contributed by atoms with van der Waals surface area (Å²) < 4.78 is 27.1. The van der Waals surface area contributed by atoms with Gasteiger partial charge in [0.2, 0.25) is 15.9 Å². The highest BCUT2D eigenvalue weighted by molar-refractivity contribution is 7.88. The van der Waals surface area contributed by atoms with Crippen LogP contribution in [0.4, 0.5) is 5.69 Å². The van der Waals surface area contributed by atoms with Crippen molar-refractivity contribution in [1.29, 1.82) is 0 Å². The molecule has 0 radical (unpaired) electrons. The summed E-state index contributed by atoms with van der Waals surface area (Å²) in [5.41, 5.74) is 6.38. The van der Waals surface area contributed by atoms with E-state index in [-0.39, 0.29) is 28.8 Å². The third-order valence-electron chi connectivity index (χ3n) is 4.93. The van der Waals surface area contributed by atoms with Crippen LogP contribution in [-0.4, -0.2) is 37.6 Å². The van der Waals surface area contributed by atoms with E-state index in [1.165, 1.54) is 16.4 Å². The second-order valence-corrected chi connectivity index (χ2v) is 9.88. The first-order valence-corrected chi connectivity index (χ1v) is 11.7. The Bertz CT molecular complexity index is 1080. The van der Waals surface area contributed by atoms with Crippen LogP contribution in [0.3, 0.4) is 0 Å². The molecule has 0 saturated carbocycles. The average Bonchev–Trinajstić information content (AvgIpc) is 2.71. The normalized spacial score (nSPS) is 17.5. The maximum Gasteiger partial charge on any atom is 0.250 e. The Morgan fingerprint density at radius 2 is 1.87 bits per heavy atom. The molecule has 0 spiro atoms. The third-order valence-corrected chi connectivity index (χ3v) is 7.49. The molecule has 10 heteroatoms. The highest BCUT2D eigenvalue weighted by atomic mass is 35.5. The molecule has 3 rings (SSSR count). The lowest BCUT2D eigenvalue weighted by Crippen LogP contribution is -2.44. The number of para-hydroxylation sites is 1. The third kappa shape index (κ3) is 5.31. The molecule has 0 bridgehead atoms. The summed E-state index contributed by atoms with van der Waals surface area (Å²) in [7, 11) is -3.65. The molecule has 1 aliphatic heterocycles. The van der Waals surface area contributed by atoms with Crippen molar-refractivity contribution in [3.05, 3.63) is 63.6 Å². The fourth-order valence-corrected chi connectivity index (χ4v) is 5.30. The smallest absolute Gasteiger partial charge is 0.250 e. The minimum atomic E-state index is -3.65. The van der Waals surface area contributed by atoms with Crippen LogP contribution in [0.2, 0.25) is 10.0 Å². The molecule has 1 saturated heterocycles. The first-order valence-electron chi connectivity index (χ1n) is 9.29. The van der Waals surface area contributed by atoms with E-state index in [1.807, 2.05) is 0 Å². The molecule has 30 heavy (non-hydrogen) atoms. The van der Waals surface area contributed by atoms with Crippen LogP contribution >= 0.6 is 23.2 Å². The van der Waals surface area contributed by atoms with Gasteiger partial charge in [-0.25, -0.2) is 12.7 Å². The van der Waals surface area contributed by atoms with Crippen LogP contribution in [0.25, 0.3) is 0 Å². The molecule has 1 atom stereocenters. The number of nitrogens with zero attached hydrogens (tertiary/aromatic N) is 1. The quantitative estimate of drug-likeness (QED) is 0.675. The van der Waals surface area contributed by atoms with Gasteiger partial charge in [0.1, 0.15) is 0 Å². The molecular formula is C20H21Cl2N3O4S. The van der Waals surface area contributed by atoms with Crippen LogP contribution in [-0.2, 0) is 20.6 Å². The van der Waals surface area contributed by atoms with Gasteiger partial charge < -0.3 is 11.1 Å². The number of hydrogen-bond donors (Lipinski definition) is 2. The summed E-state index contributed by atoms with van der Waals surface area (Å²) in [6.45, 7) is 0.402. The van der Waals surface area contributed by atoms with Crippen LogP contribution < -0.4 is 11.1 Å². The van der Waals surface area contributed by atoms with Crippen molar-refractivity contribution in [2.24, 2.45) is 11.7 Å². The Morgan fingerprint density at radius 1 is 1.13 bits per heavy atom. The summed E-state index contributed by atoms with van der Waals surface area (Å²) in [6, 6.07) is 11.1. The minimum Gasteiger partial charge on any atom is -0.366 e. The molecule has 2 amide bonds. The Morgan fingerprint density at radius 3 is 2.57 bits per heavy atom. The van der Waals surface area contributed by atoms with Gasteiger partial charge in [0.05, 0.1) is 33.0 Å². The molecule has 2 aromatic rings. The molecule has 1 aliphatic rings. The van der Waals surface area contributed by atoms with Crippen molar-refractivity contribution in [3.8, 4) is 0 Å². The number of amides is 2. The van der Waals surface area contributed by atoms with Gasteiger partial charge in [-0.05, 0) is 42.7 Å². The van der Waals surface area contributed by atoms with E-state index >= 15 is 0 Å². The van der Waals surface area contributed by atoms with Crippen LogP contribution in [0.5, 0.6) is 0 Å². The summed E-state index contributed by atoms with van der Waals surface area (Å²) >= 11 is 11.9. The fraction of sp³-hybridized carbons (Fsp3) is 0.300. The van der Waals surface area contributed by atoms with Crippen LogP contribution in [0, 0.1) is 5.92 Å². The molecule has 1 fully saturated rings. The number of nitrogens with one attached hydrogen (secondary N) is 1. The highest BCUT2D eigenvalue weighted by Crippen LogP contribution is 2.26. The number of sulfonamides is 1. The minimum absolute atomic E-state index is 0.0637. The zero-order valence-corrected chi connectivity index (χ0v) is 18.3. The van der Waals surface area contributed by atoms with E-state index in [4.69, 9.17) is 28.9 Å². The largest absolute Gasteiger partial charge is 0.366 e. The number of rotatable bonds is 6. The van der Waals surface area contributed by atoms with Crippen molar-refractivity contribution in [2.75, 3.05) is 18.4 Å². The van der Waals surface area contributed by atoms with Crippen molar-refractivity contribution in [1.82, 2.24) is 4.31 Å². The highest BCUT2D eigenvalue weighted by Gasteiger charge is 2.32. The topological polar surface area (TPSA) is 110 Å². The number of hydrogen-bond acceptors (Lipinski definition) is 4. The van der Waals surface area contributed by atoms with Crippen molar-refractivity contribution in [2.45, 2.75) is 18.6 Å². The number of primary amides is 1. The lowest BCUT2D eigenvalue weighted by molar-refractivity contribution is -0.120. The van der Waals surface area contributed by atoms with Crippen LogP contribution in [0.15, 0.2) is 42.5 Å². The maximum absolute atomic E-state index is 12.9. The second-order valence-electron chi connectivity index (χ2n) is 7.10. The number of anilines is 1. The molecule has 3 N–H and O–H groups in total. The Hall–Kier alpha value is -2.13. The number of nitrogens with two attached hydrogens (primary N) is 1. The number of benzene rings is 2. The Labute approximate surface area is 185 Å². The molecule has 160 valence electrons. The van der Waals surface area contributed by atoms with Gasteiger partial charge in [-0.3, -0.25) is 9.59 Å². The summed E-state index contributed by atoms with van der Waals surface area (Å²) in [5.74, 6) is -1.77. The van der Waals surface area contributed by atoms with Gasteiger partial charge in [0, 0.05) is 13.1 Å². The summed E-state index contributed by atoms with van der Waals surface area (Å²) in [6.07, 6.45) is 1.10. The second kappa shape index (κ2) is 9.34.